The summed E-state index contributed by atoms with van der Waals surface area (Å²) < 4.78 is 33.5. The average Bonchev–Trinajstić information content (AvgIpc) is 2.94. The minimum Gasteiger partial charge on any atom is -0.489 e. The molecule has 7 nitrogen and oxygen atoms in total. The number of halogens is 2. The number of nitrogens with one attached hydrogen (secondary N) is 1. The Hall–Kier alpha value is -3.85. The van der Waals surface area contributed by atoms with E-state index in [1.54, 1.807) is 42.5 Å². The van der Waals surface area contributed by atoms with Gasteiger partial charge in [-0.25, -0.2) is 13.8 Å². The third-order valence-corrected chi connectivity index (χ3v) is 8.15. The van der Waals surface area contributed by atoms with Gasteiger partial charge in [0.25, 0.3) is 15.9 Å². The lowest BCUT2D eigenvalue weighted by Gasteiger charge is -2.24. The zero-order valence-electron chi connectivity index (χ0n) is 20.9. The van der Waals surface area contributed by atoms with Crippen molar-refractivity contribution in [2.45, 2.75) is 18.4 Å². The van der Waals surface area contributed by atoms with E-state index in [9.17, 15) is 13.2 Å². The molecule has 4 aromatic rings. The first kappa shape index (κ1) is 28.2. The van der Waals surface area contributed by atoms with Crippen LogP contribution in [0.15, 0.2) is 107 Å². The molecule has 0 aliphatic carbocycles. The predicted octanol–water partition coefficient (Wildman–Crippen LogP) is 6.23. The van der Waals surface area contributed by atoms with E-state index in [1.165, 1.54) is 42.1 Å². The summed E-state index contributed by atoms with van der Waals surface area (Å²) in [6, 6.07) is 27.4. The van der Waals surface area contributed by atoms with E-state index in [4.69, 9.17) is 27.9 Å². The molecule has 0 bridgehead atoms. The molecule has 0 fully saturated rings. The van der Waals surface area contributed by atoms with Gasteiger partial charge in [0.15, 0.2) is 0 Å². The van der Waals surface area contributed by atoms with Crippen LogP contribution in [0.1, 0.15) is 16.7 Å². The third kappa shape index (κ3) is 7.60. The molecule has 0 aliphatic rings. The van der Waals surface area contributed by atoms with Gasteiger partial charge in [0.1, 0.15) is 18.9 Å². The Labute approximate surface area is 237 Å². The molecule has 0 aromatic heterocycles. The number of amides is 1. The molecule has 0 spiro atoms. The van der Waals surface area contributed by atoms with Crippen molar-refractivity contribution in [1.29, 1.82) is 0 Å². The maximum atomic E-state index is 13.4. The van der Waals surface area contributed by atoms with Gasteiger partial charge in [0.05, 0.1) is 26.8 Å². The highest BCUT2D eigenvalue weighted by molar-refractivity contribution is 7.92. The first-order chi connectivity index (χ1) is 18.7. The monoisotopic (exact) mass is 581 g/mol. The molecular weight excluding hydrogens is 557 g/mol. The fraction of sp³-hybridized carbons (Fsp3) is 0.103. The maximum absolute atomic E-state index is 13.4. The van der Waals surface area contributed by atoms with Crippen LogP contribution in [0.2, 0.25) is 10.0 Å². The van der Waals surface area contributed by atoms with Crippen LogP contribution < -0.4 is 14.5 Å². The Morgan fingerprint density at radius 2 is 1.62 bits per heavy atom. The van der Waals surface area contributed by atoms with Gasteiger partial charge < -0.3 is 4.74 Å². The van der Waals surface area contributed by atoms with Gasteiger partial charge in [-0.05, 0) is 72.6 Å². The molecule has 4 rings (SSSR count). The topological polar surface area (TPSA) is 88.1 Å². The minimum atomic E-state index is -4.08. The van der Waals surface area contributed by atoms with Crippen molar-refractivity contribution in [1.82, 2.24) is 5.43 Å². The lowest BCUT2D eigenvalue weighted by molar-refractivity contribution is -0.119. The fourth-order valence-electron chi connectivity index (χ4n) is 3.52. The molecule has 0 atom stereocenters. The second-order valence-electron chi connectivity index (χ2n) is 8.56. The molecule has 1 N–H and O–H groups in total. The number of rotatable bonds is 10. The van der Waals surface area contributed by atoms with E-state index in [-0.39, 0.29) is 20.6 Å². The average molecular weight is 583 g/mol. The number of hydrogen-bond donors (Lipinski definition) is 1. The van der Waals surface area contributed by atoms with E-state index in [0.717, 1.165) is 15.4 Å². The van der Waals surface area contributed by atoms with Crippen LogP contribution >= 0.6 is 23.2 Å². The molecule has 0 saturated carbocycles. The predicted molar refractivity (Wildman–Crippen MR) is 155 cm³/mol. The lowest BCUT2D eigenvalue weighted by Crippen LogP contribution is -2.39. The number of sulfonamides is 1. The van der Waals surface area contributed by atoms with Gasteiger partial charge in [0.2, 0.25) is 0 Å². The van der Waals surface area contributed by atoms with Crippen molar-refractivity contribution in [3.63, 3.8) is 0 Å². The summed E-state index contributed by atoms with van der Waals surface area (Å²) in [5, 5.41) is 4.39. The van der Waals surface area contributed by atoms with Crippen molar-refractivity contribution < 1.29 is 17.9 Å². The van der Waals surface area contributed by atoms with Crippen LogP contribution in [0.25, 0.3) is 0 Å². The van der Waals surface area contributed by atoms with Crippen LogP contribution in [-0.2, 0) is 21.4 Å². The number of carbonyl (C=O) groups excluding carboxylic acids is 1. The number of anilines is 1. The Bertz CT molecular complexity index is 1560. The van der Waals surface area contributed by atoms with Crippen molar-refractivity contribution in [2.24, 2.45) is 5.10 Å². The summed E-state index contributed by atoms with van der Waals surface area (Å²) in [5.74, 6) is 0.0510. The number of aryl methyl sites for hydroxylation is 1. The molecule has 0 heterocycles. The minimum absolute atomic E-state index is 0.0251. The summed E-state index contributed by atoms with van der Waals surface area (Å²) >= 11 is 12.1. The molecule has 10 heteroatoms. The van der Waals surface area contributed by atoms with Gasteiger partial charge in [-0.2, -0.15) is 5.10 Å². The molecule has 4 aromatic carbocycles. The molecule has 200 valence electrons. The van der Waals surface area contributed by atoms with Gasteiger partial charge in [-0.15, -0.1) is 0 Å². The number of nitrogens with zero attached hydrogens (tertiary/aromatic N) is 2. The third-order valence-electron chi connectivity index (χ3n) is 5.62. The van der Waals surface area contributed by atoms with Crippen molar-refractivity contribution in [2.75, 3.05) is 10.8 Å². The summed E-state index contributed by atoms with van der Waals surface area (Å²) in [6.45, 7) is 1.95. The highest BCUT2D eigenvalue weighted by Gasteiger charge is 2.27. The zero-order valence-corrected chi connectivity index (χ0v) is 23.2. The summed E-state index contributed by atoms with van der Waals surface area (Å²) in [7, 11) is -4.08. The number of benzene rings is 4. The van der Waals surface area contributed by atoms with E-state index in [2.05, 4.69) is 10.5 Å². The Balaban J connectivity index is 1.41. The van der Waals surface area contributed by atoms with Gasteiger partial charge >= 0.3 is 0 Å². The van der Waals surface area contributed by atoms with Crippen LogP contribution in [0.4, 0.5) is 5.69 Å². The maximum Gasteiger partial charge on any atom is 0.264 e. The largest absolute Gasteiger partial charge is 0.489 e. The molecular formula is C29H25Cl2N3O4S. The zero-order chi connectivity index (χ0) is 27.8. The van der Waals surface area contributed by atoms with E-state index >= 15 is 0 Å². The molecule has 0 aliphatic heterocycles. The summed E-state index contributed by atoms with van der Waals surface area (Å²) in [5.41, 5.74) is 5.55. The number of hydrazone groups is 1. The molecule has 0 saturated heterocycles. The van der Waals surface area contributed by atoms with Gasteiger partial charge in [0, 0.05) is 0 Å². The molecule has 39 heavy (non-hydrogen) atoms. The van der Waals surface area contributed by atoms with Crippen molar-refractivity contribution in [3.05, 3.63) is 124 Å². The quantitative estimate of drug-likeness (QED) is 0.178. The molecule has 0 unspecified atom stereocenters. The molecule has 1 amide bonds. The summed E-state index contributed by atoms with van der Waals surface area (Å²) in [6.07, 6.45) is 1.46. The smallest absolute Gasteiger partial charge is 0.264 e. The normalized spacial score (nSPS) is 11.4. The summed E-state index contributed by atoms with van der Waals surface area (Å²) in [4.78, 5) is 12.8. The SMILES string of the molecule is Cc1ccc(COc2ccc(C=NNC(=O)CN(c3ccc(Cl)c(Cl)c3)S(=O)(=O)c3ccccc3)cc2)cc1. The second kappa shape index (κ2) is 12.8. The second-order valence-corrected chi connectivity index (χ2v) is 11.2. The van der Waals surface area contributed by atoms with Crippen LogP contribution in [0.5, 0.6) is 5.75 Å². The van der Waals surface area contributed by atoms with Crippen LogP contribution in [0.3, 0.4) is 0 Å². The van der Waals surface area contributed by atoms with E-state index in [1.807, 2.05) is 31.2 Å². The van der Waals surface area contributed by atoms with Gasteiger partial charge in [-0.1, -0.05) is 71.2 Å². The molecule has 0 radical (unpaired) electrons. The Kier molecular flexibility index (Phi) is 9.24. The van der Waals surface area contributed by atoms with Crippen LogP contribution in [-0.4, -0.2) is 27.1 Å². The fourth-order valence-corrected chi connectivity index (χ4v) is 5.25. The van der Waals surface area contributed by atoms with Gasteiger partial charge in [-0.3, -0.25) is 9.10 Å². The first-order valence-electron chi connectivity index (χ1n) is 11.9. The van der Waals surface area contributed by atoms with Crippen molar-refractivity contribution >= 4 is 51.0 Å². The van der Waals surface area contributed by atoms with Crippen LogP contribution in [0, 0.1) is 6.92 Å². The Morgan fingerprint density at radius 1 is 0.923 bits per heavy atom. The number of carbonyl (C=O) groups is 1. The number of hydrogen-bond acceptors (Lipinski definition) is 5. The first-order valence-corrected chi connectivity index (χ1v) is 14.0. The number of ether oxygens (including phenoxy) is 1. The Morgan fingerprint density at radius 3 is 2.28 bits per heavy atom. The highest BCUT2D eigenvalue weighted by Crippen LogP contribution is 2.30. The van der Waals surface area contributed by atoms with Crippen molar-refractivity contribution in [3.8, 4) is 5.75 Å². The lowest BCUT2D eigenvalue weighted by atomic mass is 10.2. The highest BCUT2D eigenvalue weighted by atomic mass is 35.5. The standard InChI is InChI=1S/C29H25Cl2N3O4S/c1-21-7-9-23(10-8-21)20-38-25-14-11-22(12-15-25)18-32-33-29(35)19-34(24-13-16-27(30)28(31)17-24)39(36,37)26-5-3-2-4-6-26/h2-18H,19-20H2,1H3,(H,33,35). The van der Waals surface area contributed by atoms with E-state index in [0.29, 0.717) is 12.4 Å². The van der Waals surface area contributed by atoms with E-state index < -0.39 is 22.5 Å².